The molecule has 126 valence electrons. The summed E-state index contributed by atoms with van der Waals surface area (Å²) in [6.45, 7) is 1.77. The van der Waals surface area contributed by atoms with Gasteiger partial charge in [-0.25, -0.2) is 4.79 Å². The van der Waals surface area contributed by atoms with E-state index in [1.807, 2.05) is 48.5 Å². The van der Waals surface area contributed by atoms with Crippen molar-refractivity contribution in [2.75, 3.05) is 6.61 Å². The fourth-order valence-electron chi connectivity index (χ4n) is 2.86. The summed E-state index contributed by atoms with van der Waals surface area (Å²) in [5.41, 5.74) is 1.59. The van der Waals surface area contributed by atoms with Crippen LogP contribution in [0.25, 0.3) is 0 Å². The van der Waals surface area contributed by atoms with Crippen LogP contribution in [0.3, 0.4) is 0 Å². The number of benzene rings is 2. The molecule has 0 fully saturated rings. The average molecular weight is 366 g/mol. The van der Waals surface area contributed by atoms with Gasteiger partial charge in [-0.05, 0) is 30.2 Å². The van der Waals surface area contributed by atoms with Crippen LogP contribution in [-0.2, 0) is 9.53 Å². The third-order valence-corrected chi connectivity index (χ3v) is 4.98. The summed E-state index contributed by atoms with van der Waals surface area (Å²) in [6, 6.07) is 13.5. The van der Waals surface area contributed by atoms with Crippen molar-refractivity contribution in [2.24, 2.45) is 0 Å². The average Bonchev–Trinajstić information content (AvgIpc) is 2.54. The minimum absolute atomic E-state index is 0. The molecule has 1 aliphatic heterocycles. The summed E-state index contributed by atoms with van der Waals surface area (Å²) in [7, 11) is 0. The number of nitro groups is 1. The van der Waals surface area contributed by atoms with Crippen molar-refractivity contribution in [3.63, 3.8) is 0 Å². The van der Waals surface area contributed by atoms with E-state index >= 15 is 0 Å². The second-order valence-corrected chi connectivity index (χ2v) is 6.22. The second kappa shape index (κ2) is 7.68. The molecular weight excluding hydrogens is 350 g/mol. The molecule has 0 bridgehead atoms. The van der Waals surface area contributed by atoms with Crippen LogP contribution in [0.2, 0.25) is 0 Å². The lowest BCUT2D eigenvalue weighted by Gasteiger charge is -2.28. The first-order valence-corrected chi connectivity index (χ1v) is 8.11. The number of carbonyl (C=O) groups is 1. The van der Waals surface area contributed by atoms with Gasteiger partial charge in [0.2, 0.25) is 0 Å². The molecular formula is C17H16ClNO4S. The third kappa shape index (κ3) is 3.25. The lowest BCUT2D eigenvalue weighted by atomic mass is 9.84. The summed E-state index contributed by atoms with van der Waals surface area (Å²) in [4.78, 5) is 25.2. The Hall–Kier alpha value is -2.05. The van der Waals surface area contributed by atoms with E-state index in [1.165, 1.54) is 0 Å². The smallest absolute Gasteiger partial charge is 0.382 e. The van der Waals surface area contributed by atoms with Gasteiger partial charge < -0.3 is 4.74 Å². The van der Waals surface area contributed by atoms with Crippen molar-refractivity contribution in [2.45, 2.75) is 28.7 Å². The van der Waals surface area contributed by atoms with Gasteiger partial charge in [0.15, 0.2) is 0 Å². The summed E-state index contributed by atoms with van der Waals surface area (Å²) < 4.78 is 4.96. The zero-order valence-electron chi connectivity index (χ0n) is 12.9. The first kappa shape index (κ1) is 18.3. The van der Waals surface area contributed by atoms with E-state index in [9.17, 15) is 14.9 Å². The molecule has 0 N–H and O–H groups in total. The Labute approximate surface area is 150 Å². The van der Waals surface area contributed by atoms with Gasteiger partial charge in [-0.1, -0.05) is 48.2 Å². The van der Waals surface area contributed by atoms with Crippen LogP contribution in [0.5, 0.6) is 0 Å². The van der Waals surface area contributed by atoms with Gasteiger partial charge in [0.25, 0.3) is 0 Å². The Morgan fingerprint density at radius 2 is 1.67 bits per heavy atom. The van der Waals surface area contributed by atoms with E-state index in [0.717, 1.165) is 20.9 Å². The molecule has 0 saturated heterocycles. The molecule has 0 aromatic heterocycles. The van der Waals surface area contributed by atoms with Gasteiger partial charge in [-0.2, -0.15) is 0 Å². The predicted octanol–water partition coefficient (Wildman–Crippen LogP) is 3.91. The highest BCUT2D eigenvalue weighted by Crippen LogP contribution is 2.47. The lowest BCUT2D eigenvalue weighted by molar-refractivity contribution is -0.513. The van der Waals surface area contributed by atoms with Crippen molar-refractivity contribution >= 4 is 30.1 Å². The van der Waals surface area contributed by atoms with E-state index in [1.54, 1.807) is 18.7 Å². The van der Waals surface area contributed by atoms with E-state index in [2.05, 4.69) is 0 Å². The number of esters is 1. The zero-order chi connectivity index (χ0) is 16.4. The van der Waals surface area contributed by atoms with Crippen LogP contribution in [0, 0.1) is 10.1 Å². The van der Waals surface area contributed by atoms with E-state index in [-0.39, 0.29) is 19.0 Å². The number of carbonyl (C=O) groups excluding carboxylic acids is 1. The summed E-state index contributed by atoms with van der Waals surface area (Å²) in [5.74, 6) is -1.43. The maximum absolute atomic E-state index is 12.2. The van der Waals surface area contributed by atoms with Crippen LogP contribution >= 0.6 is 24.2 Å². The minimum Gasteiger partial charge on any atom is -0.461 e. The largest absolute Gasteiger partial charge is 0.461 e. The summed E-state index contributed by atoms with van der Waals surface area (Å²) in [6.07, 6.45) is 0. The molecule has 0 amide bonds. The van der Waals surface area contributed by atoms with Crippen LogP contribution in [0.15, 0.2) is 58.3 Å². The number of fused-ring (bicyclic) bond motifs is 2. The number of nitrogens with zero attached hydrogens (tertiary/aromatic N) is 1. The monoisotopic (exact) mass is 365 g/mol. The minimum atomic E-state index is -1.45. The standard InChI is InChI=1S/C17H15NO4S.ClH/c1-2-22-17(19)16(18(20)21)15-11-7-3-5-9-13(11)23-14-10-6-4-8-12(14)15;/h3-10,15-16H,2H2,1H3;1H. The molecule has 0 saturated carbocycles. The van der Waals surface area contributed by atoms with Gasteiger partial charge in [-0.15, -0.1) is 12.4 Å². The Morgan fingerprint density at radius 3 is 2.12 bits per heavy atom. The van der Waals surface area contributed by atoms with Gasteiger partial charge in [-0.3, -0.25) is 10.1 Å². The van der Waals surface area contributed by atoms with E-state index in [4.69, 9.17) is 4.74 Å². The molecule has 0 radical (unpaired) electrons. The van der Waals surface area contributed by atoms with Gasteiger partial charge in [0, 0.05) is 14.7 Å². The van der Waals surface area contributed by atoms with Gasteiger partial charge in [0.05, 0.1) is 12.5 Å². The Kier molecular flexibility index (Phi) is 5.85. The summed E-state index contributed by atoms with van der Waals surface area (Å²) >= 11 is 1.57. The van der Waals surface area contributed by atoms with Crippen molar-refractivity contribution in [3.05, 3.63) is 69.8 Å². The highest BCUT2D eigenvalue weighted by molar-refractivity contribution is 7.99. The number of rotatable bonds is 4. The quantitative estimate of drug-likeness (QED) is 0.466. The zero-order valence-corrected chi connectivity index (χ0v) is 14.5. The van der Waals surface area contributed by atoms with Crippen molar-refractivity contribution in [1.82, 2.24) is 0 Å². The first-order valence-electron chi connectivity index (χ1n) is 7.29. The normalized spacial score (nSPS) is 13.9. The lowest BCUT2D eigenvalue weighted by Crippen LogP contribution is -2.38. The fourth-order valence-corrected chi connectivity index (χ4v) is 4.01. The van der Waals surface area contributed by atoms with Crippen molar-refractivity contribution in [3.8, 4) is 0 Å². The highest BCUT2D eigenvalue weighted by Gasteiger charge is 2.45. The Morgan fingerprint density at radius 1 is 1.17 bits per heavy atom. The van der Waals surface area contributed by atoms with Gasteiger partial charge >= 0.3 is 12.0 Å². The number of ether oxygens (including phenoxy) is 1. The molecule has 1 aliphatic rings. The second-order valence-electron chi connectivity index (χ2n) is 5.14. The molecule has 5 nitrogen and oxygen atoms in total. The SMILES string of the molecule is CCOC(=O)C(C1c2ccccc2Sc2ccccc21)[N+](=O)[O-].Cl. The highest BCUT2D eigenvalue weighted by atomic mass is 35.5. The first-order chi connectivity index (χ1) is 11.1. The van der Waals surface area contributed by atoms with Crippen molar-refractivity contribution in [1.29, 1.82) is 0 Å². The Balaban J connectivity index is 0.00000208. The Bertz CT molecular complexity index is 722. The number of hydrogen-bond donors (Lipinski definition) is 0. The topological polar surface area (TPSA) is 69.4 Å². The molecule has 3 rings (SSSR count). The van der Waals surface area contributed by atoms with Crippen LogP contribution < -0.4 is 0 Å². The van der Waals surface area contributed by atoms with Crippen LogP contribution in [-0.4, -0.2) is 23.5 Å². The molecule has 7 heteroatoms. The molecule has 24 heavy (non-hydrogen) atoms. The number of halogens is 1. The maximum Gasteiger partial charge on any atom is 0.382 e. The third-order valence-electron chi connectivity index (χ3n) is 3.80. The van der Waals surface area contributed by atoms with Gasteiger partial charge in [0.1, 0.15) is 0 Å². The van der Waals surface area contributed by atoms with Crippen LogP contribution in [0.4, 0.5) is 0 Å². The summed E-state index contributed by atoms with van der Waals surface area (Å²) in [5, 5.41) is 11.6. The molecule has 1 atom stereocenters. The molecule has 0 aliphatic carbocycles. The van der Waals surface area contributed by atoms with Crippen LogP contribution in [0.1, 0.15) is 24.0 Å². The molecule has 2 aromatic rings. The number of hydrogen-bond acceptors (Lipinski definition) is 5. The molecule has 1 heterocycles. The molecule has 2 aromatic carbocycles. The predicted molar refractivity (Wildman–Crippen MR) is 93.5 cm³/mol. The maximum atomic E-state index is 12.2. The van der Waals surface area contributed by atoms with E-state index in [0.29, 0.717) is 0 Å². The van der Waals surface area contributed by atoms with E-state index < -0.39 is 22.9 Å². The fraction of sp³-hybridized carbons (Fsp3) is 0.235. The molecule has 1 unspecified atom stereocenters. The molecule has 0 spiro atoms. The van der Waals surface area contributed by atoms with Crippen molar-refractivity contribution < 1.29 is 14.5 Å².